The van der Waals surface area contributed by atoms with Gasteiger partial charge >= 0.3 is 23.1 Å². The molecule has 0 nitrogen and oxygen atoms in total. The minimum absolute atomic E-state index is 0. The van der Waals surface area contributed by atoms with Crippen molar-refractivity contribution in [2.45, 2.75) is 26.7 Å². The van der Waals surface area contributed by atoms with Gasteiger partial charge in [-0.05, 0) is 13.3 Å². The van der Waals surface area contributed by atoms with Gasteiger partial charge in [0, 0.05) is 0 Å². The first kappa shape index (κ1) is 22.4. The van der Waals surface area contributed by atoms with Gasteiger partial charge in [-0.25, -0.2) is 0 Å². The Bertz CT molecular complexity index is 46.3. The number of allylic oxidation sites excluding steroid dienone is 2. The molecule has 0 heterocycles. The van der Waals surface area contributed by atoms with Crippen LogP contribution in [0.2, 0.25) is 0 Å². The quantitative estimate of drug-likeness (QED) is 0.354. The van der Waals surface area contributed by atoms with Gasteiger partial charge in [0.25, 0.3) is 0 Å². The first-order valence-electron chi connectivity index (χ1n) is 2.53. The molecule has 0 aliphatic heterocycles. The van der Waals surface area contributed by atoms with Crippen LogP contribution in [0.3, 0.4) is 0 Å². The molecule has 0 aliphatic carbocycles. The van der Waals surface area contributed by atoms with Crippen LogP contribution in [0, 0.1) is 0 Å². The molecule has 0 spiro atoms. The van der Waals surface area contributed by atoms with Gasteiger partial charge < -0.3 is 34.0 Å². The maximum Gasteiger partial charge on any atom is 2.00 e. The maximum absolute atomic E-state index is 2.18. The van der Waals surface area contributed by atoms with E-state index in [1.165, 1.54) is 12.8 Å². The van der Waals surface area contributed by atoms with Gasteiger partial charge in [-0.3, -0.25) is 0 Å². The Hall–Kier alpha value is 1.47. The Balaban J connectivity index is -0.0000000417. The second kappa shape index (κ2) is 22.7. The summed E-state index contributed by atoms with van der Waals surface area (Å²) in [5.41, 5.74) is 0. The van der Waals surface area contributed by atoms with Crippen molar-refractivity contribution in [1.82, 2.24) is 0 Å². The van der Waals surface area contributed by atoms with Crippen LogP contribution >= 0.6 is 0 Å². The van der Waals surface area contributed by atoms with Crippen LogP contribution in [0.5, 0.6) is 0 Å². The normalized spacial score (nSPS) is 6.89. The Morgan fingerprint density at radius 1 is 1.22 bits per heavy atom. The Kier molecular flexibility index (Phi) is 56.6. The molecular formula is C6H12Br2Mg. The van der Waals surface area contributed by atoms with Crippen molar-refractivity contribution in [2.24, 2.45) is 0 Å². The molecule has 0 atom stereocenters. The standard InChI is InChI=1S/C6H12.2BrH.Mg/c1-3-5-6-4-2;;;/h3,5H,4,6H2,1-2H3;2*1H;/q;;;+2/p-2. The maximum atomic E-state index is 2.18. The first-order chi connectivity index (χ1) is 2.91. The molecular weight excluding hydrogens is 256 g/mol. The molecule has 52 valence electrons. The molecule has 0 aromatic rings. The number of unbranched alkanes of at least 4 members (excludes halogenated alkanes) is 1. The van der Waals surface area contributed by atoms with Crippen LogP contribution < -0.4 is 34.0 Å². The molecule has 0 saturated carbocycles. The summed E-state index contributed by atoms with van der Waals surface area (Å²) in [6.07, 6.45) is 6.77. The van der Waals surface area contributed by atoms with E-state index in [4.69, 9.17) is 0 Å². The fourth-order valence-corrected chi connectivity index (χ4v) is 0.333. The molecule has 0 unspecified atom stereocenters. The van der Waals surface area contributed by atoms with Gasteiger partial charge in [0.05, 0.1) is 0 Å². The van der Waals surface area contributed by atoms with E-state index in [0.29, 0.717) is 0 Å². The van der Waals surface area contributed by atoms with Crippen LogP contribution in [0.1, 0.15) is 26.7 Å². The van der Waals surface area contributed by atoms with E-state index < -0.39 is 0 Å². The smallest absolute Gasteiger partial charge is 1.00 e. The molecule has 0 aliphatic rings. The third-order valence-electron chi connectivity index (χ3n) is 0.691. The van der Waals surface area contributed by atoms with Gasteiger partial charge in [0.15, 0.2) is 0 Å². The van der Waals surface area contributed by atoms with E-state index in [-0.39, 0.29) is 57.0 Å². The minimum atomic E-state index is 0. The largest absolute Gasteiger partial charge is 2.00 e. The van der Waals surface area contributed by atoms with Crippen LogP contribution in [0.4, 0.5) is 0 Å². The van der Waals surface area contributed by atoms with Crippen molar-refractivity contribution in [2.75, 3.05) is 0 Å². The molecule has 0 bridgehead atoms. The summed E-state index contributed by atoms with van der Waals surface area (Å²) in [5.74, 6) is 0. The van der Waals surface area contributed by atoms with E-state index >= 15 is 0 Å². The van der Waals surface area contributed by atoms with E-state index in [2.05, 4.69) is 26.0 Å². The fraction of sp³-hybridized carbons (Fsp3) is 0.667. The van der Waals surface area contributed by atoms with E-state index in [0.717, 1.165) is 0 Å². The second-order valence-electron chi connectivity index (χ2n) is 1.36. The summed E-state index contributed by atoms with van der Waals surface area (Å²) in [5, 5.41) is 0. The summed E-state index contributed by atoms with van der Waals surface area (Å²) in [6.45, 7) is 4.23. The average molecular weight is 268 g/mol. The molecule has 0 saturated heterocycles. The van der Waals surface area contributed by atoms with E-state index in [1.54, 1.807) is 0 Å². The zero-order valence-electron chi connectivity index (χ0n) is 6.03. The Morgan fingerprint density at radius 3 is 1.78 bits per heavy atom. The molecule has 0 fully saturated rings. The zero-order chi connectivity index (χ0) is 4.83. The molecule has 0 radical (unpaired) electrons. The van der Waals surface area contributed by atoms with Crippen LogP contribution in [0.25, 0.3) is 0 Å². The third-order valence-corrected chi connectivity index (χ3v) is 0.691. The first-order valence-corrected chi connectivity index (χ1v) is 2.53. The summed E-state index contributed by atoms with van der Waals surface area (Å²) in [7, 11) is 0. The average Bonchev–Trinajstić information content (AvgIpc) is 1.61. The van der Waals surface area contributed by atoms with Gasteiger partial charge in [-0.1, -0.05) is 25.5 Å². The van der Waals surface area contributed by atoms with Gasteiger partial charge in [-0.2, -0.15) is 0 Å². The minimum Gasteiger partial charge on any atom is -1.00 e. The molecule has 0 amide bonds. The van der Waals surface area contributed by atoms with Crippen molar-refractivity contribution in [1.29, 1.82) is 0 Å². The second-order valence-corrected chi connectivity index (χ2v) is 1.36. The number of rotatable bonds is 2. The van der Waals surface area contributed by atoms with Crippen molar-refractivity contribution in [3.63, 3.8) is 0 Å². The Morgan fingerprint density at radius 2 is 1.67 bits per heavy atom. The monoisotopic (exact) mass is 266 g/mol. The van der Waals surface area contributed by atoms with Gasteiger partial charge in [0.1, 0.15) is 0 Å². The van der Waals surface area contributed by atoms with Crippen LogP contribution in [-0.4, -0.2) is 23.1 Å². The van der Waals surface area contributed by atoms with E-state index in [1.807, 2.05) is 0 Å². The van der Waals surface area contributed by atoms with Crippen LogP contribution in [-0.2, 0) is 0 Å². The predicted molar refractivity (Wildman–Crippen MR) is 35.5 cm³/mol. The van der Waals surface area contributed by atoms with Crippen LogP contribution in [0.15, 0.2) is 12.2 Å². The molecule has 0 aromatic heterocycles. The van der Waals surface area contributed by atoms with Crippen molar-refractivity contribution in [3.8, 4) is 0 Å². The number of halogens is 2. The topological polar surface area (TPSA) is 0 Å². The summed E-state index contributed by atoms with van der Waals surface area (Å²) < 4.78 is 0. The summed E-state index contributed by atoms with van der Waals surface area (Å²) in [6, 6.07) is 0. The molecule has 0 rings (SSSR count). The predicted octanol–water partition coefficient (Wildman–Crippen LogP) is -4.01. The van der Waals surface area contributed by atoms with Crippen molar-refractivity contribution < 1.29 is 34.0 Å². The summed E-state index contributed by atoms with van der Waals surface area (Å²) >= 11 is 0. The molecule has 0 N–H and O–H groups in total. The molecule has 0 aromatic carbocycles. The zero-order valence-corrected chi connectivity index (χ0v) is 10.6. The fourth-order valence-electron chi connectivity index (χ4n) is 0.333. The Labute approximate surface area is 95.2 Å². The van der Waals surface area contributed by atoms with Gasteiger partial charge in [0.2, 0.25) is 0 Å². The third kappa shape index (κ3) is 26.5. The van der Waals surface area contributed by atoms with Gasteiger partial charge in [-0.15, -0.1) is 0 Å². The van der Waals surface area contributed by atoms with E-state index in [9.17, 15) is 0 Å². The SMILES string of the molecule is CC=CCCC.[Br-].[Br-].[Mg+2]. The molecule has 3 heteroatoms. The number of hydrogen-bond donors (Lipinski definition) is 0. The molecule has 9 heavy (non-hydrogen) atoms. The summed E-state index contributed by atoms with van der Waals surface area (Å²) in [4.78, 5) is 0. The van der Waals surface area contributed by atoms with Crippen molar-refractivity contribution >= 4 is 23.1 Å². The van der Waals surface area contributed by atoms with Crippen molar-refractivity contribution in [3.05, 3.63) is 12.2 Å². The number of hydrogen-bond acceptors (Lipinski definition) is 0.